The summed E-state index contributed by atoms with van der Waals surface area (Å²) < 4.78 is 11.3. The van der Waals surface area contributed by atoms with E-state index in [-0.39, 0.29) is 5.91 Å². The maximum absolute atomic E-state index is 12.1. The third-order valence-corrected chi connectivity index (χ3v) is 4.01. The van der Waals surface area contributed by atoms with Crippen molar-refractivity contribution in [2.24, 2.45) is 0 Å². The van der Waals surface area contributed by atoms with Gasteiger partial charge in [-0.15, -0.1) is 0 Å². The molecule has 3 aromatic rings. The molecule has 0 unspecified atom stereocenters. The molecule has 1 amide bonds. The van der Waals surface area contributed by atoms with E-state index in [1.165, 1.54) is 0 Å². The maximum atomic E-state index is 12.1. The second-order valence-electron chi connectivity index (χ2n) is 4.54. The van der Waals surface area contributed by atoms with Crippen LogP contribution in [0.15, 0.2) is 53.4 Å². The van der Waals surface area contributed by atoms with Gasteiger partial charge in [0.15, 0.2) is 0 Å². The van der Waals surface area contributed by atoms with Crippen molar-refractivity contribution in [3.05, 3.63) is 54.1 Å². The van der Waals surface area contributed by atoms with Crippen molar-refractivity contribution >= 4 is 33.7 Å². The second-order valence-corrected chi connectivity index (χ2v) is 5.91. The Morgan fingerprint density at radius 3 is 2.52 bits per heavy atom. The Morgan fingerprint density at radius 1 is 1.14 bits per heavy atom. The highest BCUT2D eigenvalue weighted by Gasteiger charge is 2.09. The summed E-state index contributed by atoms with van der Waals surface area (Å²) in [6.07, 6.45) is 1.60. The zero-order valence-corrected chi connectivity index (χ0v) is 12.1. The minimum Gasteiger partial charge on any atom is -0.324 e. The summed E-state index contributed by atoms with van der Waals surface area (Å²) in [7, 11) is -1.05. The highest BCUT2D eigenvalue weighted by Crippen LogP contribution is 2.14. The van der Waals surface area contributed by atoms with Crippen LogP contribution >= 0.6 is 0 Å². The number of benzene rings is 2. The minimum atomic E-state index is -1.05. The summed E-state index contributed by atoms with van der Waals surface area (Å²) in [5, 5.41) is 2.71. The molecule has 0 aliphatic rings. The average Bonchev–Trinajstić information content (AvgIpc) is 2.89. The third kappa shape index (κ3) is 2.85. The number of carbonyl (C=O) groups excluding carboxylic acids is 1. The number of amides is 1. The van der Waals surface area contributed by atoms with Gasteiger partial charge in [0.25, 0.3) is 5.91 Å². The number of nitrogens with zero attached hydrogens (tertiary/aromatic N) is 1. The fourth-order valence-corrected chi connectivity index (χ4v) is 2.51. The Hall–Kier alpha value is -2.47. The fourth-order valence-electron chi connectivity index (χ4n) is 1.99. The maximum Gasteiger partial charge on any atom is 0.257 e. The number of hydrogen-bond donors (Lipinski definition) is 2. The summed E-state index contributed by atoms with van der Waals surface area (Å²) in [5.41, 5.74) is 2.15. The van der Waals surface area contributed by atoms with Gasteiger partial charge < -0.3 is 4.98 Å². The van der Waals surface area contributed by atoms with Crippen LogP contribution in [0.5, 0.6) is 0 Å². The number of aromatic amines is 1. The predicted molar refractivity (Wildman–Crippen MR) is 82.8 cm³/mol. The number of hydrogen-bond acceptors (Lipinski definition) is 3. The number of aromatic nitrogens is 2. The standard InChI is InChI=1S/C15H13N3O2S/c1-21(20)11-8-6-10(7-9-11)14(19)18-15-16-12-4-2-3-5-13(12)17-15/h2-9H,1H3,(H2,16,17,18,19)/t21-/m0/s1. The molecule has 0 saturated heterocycles. The summed E-state index contributed by atoms with van der Waals surface area (Å²) in [4.78, 5) is 20.1. The Labute approximate surface area is 123 Å². The molecule has 6 heteroatoms. The van der Waals surface area contributed by atoms with Crippen LogP contribution in [0, 0.1) is 0 Å². The summed E-state index contributed by atoms with van der Waals surface area (Å²) >= 11 is 0. The van der Waals surface area contributed by atoms with E-state index < -0.39 is 10.8 Å². The van der Waals surface area contributed by atoms with Gasteiger partial charge in [-0.3, -0.25) is 14.3 Å². The van der Waals surface area contributed by atoms with Gasteiger partial charge in [-0.25, -0.2) is 4.98 Å². The Balaban J connectivity index is 1.80. The molecule has 1 aromatic heterocycles. The van der Waals surface area contributed by atoms with Gasteiger partial charge in [0.05, 0.1) is 11.0 Å². The Kier molecular flexibility index (Phi) is 3.53. The number of fused-ring (bicyclic) bond motifs is 1. The smallest absolute Gasteiger partial charge is 0.257 e. The Bertz CT molecular complexity index is 791. The zero-order valence-electron chi connectivity index (χ0n) is 11.3. The lowest BCUT2D eigenvalue weighted by Gasteiger charge is -2.02. The molecule has 1 heterocycles. The molecule has 106 valence electrons. The molecule has 2 N–H and O–H groups in total. The zero-order chi connectivity index (χ0) is 14.8. The normalized spacial score (nSPS) is 12.2. The molecule has 3 rings (SSSR count). The number of imidazole rings is 1. The second kappa shape index (κ2) is 5.49. The third-order valence-electron chi connectivity index (χ3n) is 3.07. The van der Waals surface area contributed by atoms with Crippen molar-refractivity contribution < 1.29 is 9.00 Å². The first kappa shape index (κ1) is 13.5. The van der Waals surface area contributed by atoms with E-state index in [4.69, 9.17) is 0 Å². The largest absolute Gasteiger partial charge is 0.324 e. The van der Waals surface area contributed by atoms with Crippen LogP contribution in [0.2, 0.25) is 0 Å². The first-order chi connectivity index (χ1) is 10.1. The van der Waals surface area contributed by atoms with Gasteiger partial charge in [-0.05, 0) is 36.4 Å². The van der Waals surface area contributed by atoms with E-state index >= 15 is 0 Å². The van der Waals surface area contributed by atoms with Crippen molar-refractivity contribution in [1.82, 2.24) is 9.97 Å². The van der Waals surface area contributed by atoms with Gasteiger partial charge >= 0.3 is 0 Å². The monoisotopic (exact) mass is 299 g/mol. The van der Waals surface area contributed by atoms with Crippen LogP contribution < -0.4 is 5.32 Å². The van der Waals surface area contributed by atoms with E-state index in [1.54, 1.807) is 30.5 Å². The molecular formula is C15H13N3O2S. The molecule has 0 bridgehead atoms. The van der Waals surface area contributed by atoms with Crippen molar-refractivity contribution in [3.63, 3.8) is 0 Å². The number of H-pyrrole nitrogens is 1. The topological polar surface area (TPSA) is 74.8 Å². The lowest BCUT2D eigenvalue weighted by Crippen LogP contribution is -2.12. The van der Waals surface area contributed by atoms with E-state index in [1.807, 2.05) is 24.3 Å². The molecule has 0 aliphatic heterocycles. The molecular weight excluding hydrogens is 286 g/mol. The number of para-hydroxylation sites is 2. The van der Waals surface area contributed by atoms with Gasteiger partial charge in [-0.2, -0.15) is 0 Å². The quantitative estimate of drug-likeness (QED) is 0.780. The van der Waals surface area contributed by atoms with Crippen molar-refractivity contribution in [2.45, 2.75) is 4.90 Å². The van der Waals surface area contributed by atoms with Crippen molar-refractivity contribution in [1.29, 1.82) is 0 Å². The van der Waals surface area contributed by atoms with E-state index in [0.29, 0.717) is 16.4 Å². The SMILES string of the molecule is C[S@](=O)c1ccc(C(=O)Nc2nc3ccccc3[nH]2)cc1. The molecule has 21 heavy (non-hydrogen) atoms. The molecule has 5 nitrogen and oxygen atoms in total. The van der Waals surface area contributed by atoms with Gasteiger partial charge in [-0.1, -0.05) is 12.1 Å². The van der Waals surface area contributed by atoms with E-state index in [9.17, 15) is 9.00 Å². The lowest BCUT2D eigenvalue weighted by molar-refractivity contribution is 0.102. The van der Waals surface area contributed by atoms with Gasteiger partial charge in [0.1, 0.15) is 0 Å². The van der Waals surface area contributed by atoms with E-state index in [0.717, 1.165) is 11.0 Å². The summed E-state index contributed by atoms with van der Waals surface area (Å²) in [6.45, 7) is 0. The first-order valence-corrected chi connectivity index (χ1v) is 7.89. The minimum absolute atomic E-state index is 0.262. The number of anilines is 1. The van der Waals surface area contributed by atoms with E-state index in [2.05, 4.69) is 15.3 Å². The molecule has 2 aromatic carbocycles. The molecule has 0 fully saturated rings. The average molecular weight is 299 g/mol. The van der Waals surface area contributed by atoms with Crippen LogP contribution in [0.25, 0.3) is 11.0 Å². The number of rotatable bonds is 3. The molecule has 0 saturated carbocycles. The van der Waals surface area contributed by atoms with Crippen LogP contribution in [0.4, 0.5) is 5.95 Å². The van der Waals surface area contributed by atoms with Crippen LogP contribution in [-0.2, 0) is 10.8 Å². The summed E-state index contributed by atoms with van der Waals surface area (Å²) in [5.74, 6) is 0.145. The number of nitrogens with one attached hydrogen (secondary N) is 2. The molecule has 0 spiro atoms. The van der Waals surface area contributed by atoms with Crippen LogP contribution in [0.1, 0.15) is 10.4 Å². The first-order valence-electron chi connectivity index (χ1n) is 6.33. The van der Waals surface area contributed by atoms with Crippen molar-refractivity contribution in [3.8, 4) is 0 Å². The van der Waals surface area contributed by atoms with Crippen LogP contribution in [0.3, 0.4) is 0 Å². The van der Waals surface area contributed by atoms with Crippen LogP contribution in [-0.4, -0.2) is 26.3 Å². The summed E-state index contributed by atoms with van der Waals surface area (Å²) in [6, 6.07) is 14.2. The molecule has 0 radical (unpaired) electrons. The Morgan fingerprint density at radius 2 is 1.86 bits per heavy atom. The lowest BCUT2D eigenvalue weighted by atomic mass is 10.2. The molecule has 1 atom stereocenters. The van der Waals surface area contributed by atoms with Gasteiger partial charge in [0.2, 0.25) is 5.95 Å². The number of carbonyl (C=O) groups is 1. The highest BCUT2D eigenvalue weighted by atomic mass is 32.2. The van der Waals surface area contributed by atoms with Gasteiger partial charge in [0, 0.05) is 27.5 Å². The van der Waals surface area contributed by atoms with Crippen molar-refractivity contribution in [2.75, 3.05) is 11.6 Å². The fraction of sp³-hybridized carbons (Fsp3) is 0.0667. The molecule has 0 aliphatic carbocycles. The highest BCUT2D eigenvalue weighted by molar-refractivity contribution is 7.84. The predicted octanol–water partition coefficient (Wildman–Crippen LogP) is 2.55.